The van der Waals surface area contributed by atoms with Gasteiger partial charge in [0.25, 0.3) is 6.01 Å². The highest BCUT2D eigenvalue weighted by Crippen LogP contribution is 2.31. The molecule has 1 N–H and O–H groups in total. The number of fused-ring (bicyclic) bond motifs is 1. The Morgan fingerprint density at radius 1 is 1.19 bits per heavy atom. The number of aliphatic carboxylic acids is 1. The average Bonchev–Trinajstić information content (AvgIpc) is 3.19. The summed E-state index contributed by atoms with van der Waals surface area (Å²) < 4.78 is 47.7. The van der Waals surface area contributed by atoms with Crippen molar-refractivity contribution in [3.63, 3.8) is 0 Å². The number of halogens is 3. The number of rotatable bonds is 9. The van der Waals surface area contributed by atoms with E-state index >= 15 is 0 Å². The number of hydrogen-bond donors (Lipinski definition) is 1. The molecule has 194 valence electrons. The lowest BCUT2D eigenvalue weighted by Crippen LogP contribution is -2.53. The number of anilines is 1. The fourth-order valence-electron chi connectivity index (χ4n) is 4.79. The Kier molecular flexibility index (Phi) is 7.73. The first-order valence-electron chi connectivity index (χ1n) is 12.1. The van der Waals surface area contributed by atoms with Crippen molar-refractivity contribution in [3.8, 4) is 5.75 Å². The lowest BCUT2D eigenvalue weighted by atomic mass is 10.0. The summed E-state index contributed by atoms with van der Waals surface area (Å²) in [6.45, 7) is 6.96. The van der Waals surface area contributed by atoms with E-state index in [0.717, 1.165) is 49.0 Å². The van der Waals surface area contributed by atoms with Gasteiger partial charge in [0.2, 0.25) is 0 Å². The first-order chi connectivity index (χ1) is 17.1. The molecule has 2 aromatic carbocycles. The molecule has 0 radical (unpaired) electrons. The third kappa shape index (κ3) is 6.69. The molecule has 1 aromatic heterocycles. The van der Waals surface area contributed by atoms with Gasteiger partial charge in [0.1, 0.15) is 11.3 Å². The summed E-state index contributed by atoms with van der Waals surface area (Å²) in [5, 5.41) is 9.15. The van der Waals surface area contributed by atoms with E-state index in [2.05, 4.69) is 32.5 Å². The first kappa shape index (κ1) is 25.8. The van der Waals surface area contributed by atoms with Crippen molar-refractivity contribution in [3.05, 3.63) is 53.1 Å². The van der Waals surface area contributed by atoms with Gasteiger partial charge in [0.05, 0.1) is 6.42 Å². The van der Waals surface area contributed by atoms with Crippen LogP contribution in [0.4, 0.5) is 19.2 Å². The maximum atomic E-state index is 12.6. The Bertz CT molecular complexity index is 1210. The van der Waals surface area contributed by atoms with Crippen molar-refractivity contribution in [2.75, 3.05) is 24.5 Å². The number of piperazine rings is 1. The summed E-state index contributed by atoms with van der Waals surface area (Å²) in [6, 6.07) is 10.4. The monoisotopic (exact) mass is 505 g/mol. The topological polar surface area (TPSA) is 79.0 Å². The van der Waals surface area contributed by atoms with Crippen LogP contribution in [0.1, 0.15) is 42.9 Å². The molecule has 10 heteroatoms. The van der Waals surface area contributed by atoms with E-state index in [1.54, 1.807) is 0 Å². The van der Waals surface area contributed by atoms with E-state index in [4.69, 9.17) is 9.52 Å². The number of oxazole rings is 1. The van der Waals surface area contributed by atoms with E-state index in [0.29, 0.717) is 24.6 Å². The van der Waals surface area contributed by atoms with Crippen molar-refractivity contribution in [2.45, 2.75) is 58.5 Å². The van der Waals surface area contributed by atoms with Crippen molar-refractivity contribution >= 4 is 23.1 Å². The number of unbranched alkanes of at least 4 members (excludes halogenated alkanes) is 1. The van der Waals surface area contributed by atoms with Gasteiger partial charge in [-0.3, -0.25) is 9.69 Å². The van der Waals surface area contributed by atoms with Crippen molar-refractivity contribution in [1.29, 1.82) is 0 Å². The molecule has 0 spiro atoms. The number of carboxylic acid groups (broad SMARTS) is 1. The quantitative estimate of drug-likeness (QED) is 0.409. The van der Waals surface area contributed by atoms with E-state index < -0.39 is 12.3 Å². The average molecular weight is 506 g/mol. The molecule has 0 unspecified atom stereocenters. The highest BCUT2D eigenvalue weighted by atomic mass is 19.4. The summed E-state index contributed by atoms with van der Waals surface area (Å²) in [5.41, 5.74) is 3.62. The Morgan fingerprint density at radius 2 is 1.97 bits per heavy atom. The van der Waals surface area contributed by atoms with Crippen molar-refractivity contribution in [1.82, 2.24) is 9.88 Å². The van der Waals surface area contributed by atoms with Gasteiger partial charge < -0.3 is 19.2 Å². The largest absolute Gasteiger partial charge is 0.573 e. The molecule has 1 fully saturated rings. The second-order valence-electron chi connectivity index (χ2n) is 9.30. The van der Waals surface area contributed by atoms with Crippen LogP contribution in [0, 0.1) is 6.92 Å². The normalized spacial score (nSPS) is 17.0. The first-order valence-corrected chi connectivity index (χ1v) is 12.1. The minimum Gasteiger partial charge on any atom is -0.481 e. The van der Waals surface area contributed by atoms with E-state index in [9.17, 15) is 18.0 Å². The number of hydrogen-bond acceptors (Lipinski definition) is 6. The maximum absolute atomic E-state index is 12.6. The second kappa shape index (κ2) is 10.8. The summed E-state index contributed by atoms with van der Waals surface area (Å²) in [5.74, 6) is -1.19. The van der Waals surface area contributed by atoms with Crippen LogP contribution in [0.2, 0.25) is 0 Å². The summed E-state index contributed by atoms with van der Waals surface area (Å²) in [7, 11) is 0. The molecule has 1 saturated heterocycles. The molecule has 1 aliphatic heterocycles. The zero-order valence-corrected chi connectivity index (χ0v) is 20.3. The molecule has 0 bridgehead atoms. The van der Waals surface area contributed by atoms with Gasteiger partial charge >= 0.3 is 12.3 Å². The Hall–Kier alpha value is -3.27. The van der Waals surface area contributed by atoms with Crippen LogP contribution in [0.25, 0.3) is 11.1 Å². The predicted molar refractivity (Wildman–Crippen MR) is 129 cm³/mol. The molecule has 0 aliphatic carbocycles. The highest BCUT2D eigenvalue weighted by Gasteiger charge is 2.32. The molecule has 3 aromatic rings. The number of alkyl halides is 3. The Morgan fingerprint density at radius 3 is 2.69 bits per heavy atom. The van der Waals surface area contributed by atoms with Crippen molar-refractivity contribution < 1.29 is 32.2 Å². The number of ether oxygens (including phenoxy) is 1. The minimum atomic E-state index is -4.77. The molecule has 1 aliphatic rings. The second-order valence-corrected chi connectivity index (χ2v) is 9.30. The van der Waals surface area contributed by atoms with E-state index in [-0.39, 0.29) is 23.8 Å². The lowest BCUT2D eigenvalue weighted by molar-refractivity contribution is -0.274. The molecule has 36 heavy (non-hydrogen) atoms. The molecule has 4 rings (SSSR count). The fourth-order valence-corrected chi connectivity index (χ4v) is 4.79. The Labute approximate surface area is 207 Å². The number of benzene rings is 2. The predicted octanol–water partition coefficient (Wildman–Crippen LogP) is 5.54. The number of nitrogens with zero attached hydrogens (tertiary/aromatic N) is 3. The van der Waals surface area contributed by atoms with Gasteiger partial charge in [-0.25, -0.2) is 0 Å². The molecular formula is C26H30F3N3O4. The highest BCUT2D eigenvalue weighted by molar-refractivity contribution is 5.76. The van der Waals surface area contributed by atoms with Crippen LogP contribution in [0.3, 0.4) is 0 Å². The summed E-state index contributed by atoms with van der Waals surface area (Å²) >= 11 is 0. The minimum absolute atomic E-state index is 0.00493. The van der Waals surface area contributed by atoms with Gasteiger partial charge in [0.15, 0.2) is 5.58 Å². The fraction of sp³-hybridized carbons (Fsp3) is 0.462. The summed E-state index contributed by atoms with van der Waals surface area (Å²) in [4.78, 5) is 20.1. The third-order valence-electron chi connectivity index (χ3n) is 6.24. The van der Waals surface area contributed by atoms with Gasteiger partial charge in [-0.2, -0.15) is 4.98 Å². The Balaban J connectivity index is 1.50. The van der Waals surface area contributed by atoms with Gasteiger partial charge in [-0.15, -0.1) is 13.2 Å². The van der Waals surface area contributed by atoms with Gasteiger partial charge in [0, 0.05) is 38.3 Å². The van der Waals surface area contributed by atoms with Gasteiger partial charge in [-0.05, 0) is 36.6 Å². The standard InChI is InChI=1S/C26H30F3N3O4/c1-3-4-5-20-16-31(15-19-11-17(2)10-18(12-19)13-24(33)34)8-9-32(20)25-30-22-7-6-21(14-23(22)35-25)36-26(27,28)29/h6-7,10-12,14,20H,3-5,8-9,13,15-16H2,1-2H3,(H,33,34)/t20-/m1/s1. The van der Waals surface area contributed by atoms with Gasteiger partial charge in [-0.1, -0.05) is 43.5 Å². The third-order valence-corrected chi connectivity index (χ3v) is 6.24. The number of carbonyl (C=O) groups is 1. The molecule has 0 amide bonds. The SMILES string of the molecule is CCCC[C@@H]1CN(Cc2cc(C)cc(CC(=O)O)c2)CCN1c1nc2ccc(OC(F)(F)F)cc2o1. The molecular weight excluding hydrogens is 475 g/mol. The maximum Gasteiger partial charge on any atom is 0.573 e. The van der Waals surface area contributed by atoms with Crippen LogP contribution < -0.4 is 9.64 Å². The molecule has 1 atom stereocenters. The zero-order chi connectivity index (χ0) is 25.9. The van der Waals surface area contributed by atoms with Crippen LogP contribution in [-0.4, -0.2) is 53.0 Å². The van der Waals surface area contributed by atoms with Crippen molar-refractivity contribution in [2.24, 2.45) is 0 Å². The number of carboxylic acids is 1. The molecule has 7 nitrogen and oxygen atoms in total. The van der Waals surface area contributed by atoms with Crippen LogP contribution in [0.5, 0.6) is 5.75 Å². The van der Waals surface area contributed by atoms with E-state index in [1.807, 2.05) is 19.1 Å². The van der Waals surface area contributed by atoms with Crippen LogP contribution >= 0.6 is 0 Å². The lowest BCUT2D eigenvalue weighted by Gasteiger charge is -2.41. The van der Waals surface area contributed by atoms with Crippen LogP contribution in [0.15, 0.2) is 40.8 Å². The number of aryl methyl sites for hydroxylation is 1. The number of aromatic nitrogens is 1. The smallest absolute Gasteiger partial charge is 0.481 e. The zero-order valence-electron chi connectivity index (χ0n) is 20.3. The molecule has 2 heterocycles. The molecule has 0 saturated carbocycles. The summed E-state index contributed by atoms with van der Waals surface area (Å²) in [6.07, 6.45) is -1.80. The van der Waals surface area contributed by atoms with E-state index in [1.165, 1.54) is 18.2 Å². The van der Waals surface area contributed by atoms with Crippen LogP contribution in [-0.2, 0) is 17.8 Å².